The molecular weight excluding hydrogens is 491 g/mol. The van der Waals surface area contributed by atoms with E-state index in [0.29, 0.717) is 66.1 Å². The first-order chi connectivity index (χ1) is 17.6. The highest BCUT2D eigenvalue weighted by Crippen LogP contribution is 2.35. The molecule has 0 saturated heterocycles. The molecule has 0 aliphatic carbocycles. The van der Waals surface area contributed by atoms with E-state index >= 15 is 0 Å². The van der Waals surface area contributed by atoms with Gasteiger partial charge in [0.15, 0.2) is 0 Å². The van der Waals surface area contributed by atoms with Crippen LogP contribution in [0.15, 0.2) is 0 Å². The molecule has 0 heterocycles. The van der Waals surface area contributed by atoms with Gasteiger partial charge in [0, 0.05) is 6.61 Å². The summed E-state index contributed by atoms with van der Waals surface area (Å²) >= 11 is 0. The Morgan fingerprint density at radius 3 is 1.03 bits per heavy atom. The molecule has 0 aliphatic heterocycles. The van der Waals surface area contributed by atoms with Crippen molar-refractivity contribution in [3.8, 4) is 0 Å². The van der Waals surface area contributed by atoms with Gasteiger partial charge >= 0.3 is 7.82 Å². The van der Waals surface area contributed by atoms with Gasteiger partial charge in [0.05, 0.1) is 79.3 Å². The van der Waals surface area contributed by atoms with E-state index in [9.17, 15) is 4.57 Å². The zero-order valence-electron chi connectivity index (χ0n) is 22.6. The topological polar surface area (TPSA) is 122 Å². The Morgan fingerprint density at radius 1 is 0.417 bits per heavy atom. The Kier molecular flexibility index (Phi) is 29.3. The Morgan fingerprint density at radius 2 is 0.694 bits per heavy atom. The summed E-state index contributed by atoms with van der Waals surface area (Å²) in [4.78, 5) is 17.0. The SMILES string of the molecule is CCCCCCCCCCCCCOCCOCCOCCOCCOCCOCCOP(=O)(O)O. The van der Waals surface area contributed by atoms with E-state index in [0.717, 1.165) is 13.0 Å². The van der Waals surface area contributed by atoms with Crippen LogP contribution in [0.2, 0.25) is 0 Å². The molecule has 11 heteroatoms. The molecule has 2 N–H and O–H groups in total. The van der Waals surface area contributed by atoms with Crippen molar-refractivity contribution in [2.75, 3.05) is 85.9 Å². The summed E-state index contributed by atoms with van der Waals surface area (Å²) in [6.07, 6.45) is 14.8. The Hall–Kier alpha value is -0.130. The molecule has 0 aliphatic rings. The normalized spacial score (nSPS) is 12.0. The maximum absolute atomic E-state index is 10.4. The maximum Gasteiger partial charge on any atom is 0.469 e. The van der Waals surface area contributed by atoms with Gasteiger partial charge in [-0.15, -0.1) is 0 Å². The average Bonchev–Trinajstić information content (AvgIpc) is 2.84. The predicted octanol–water partition coefficient (Wildman–Crippen LogP) is 4.51. The minimum absolute atomic E-state index is 0.0957. The molecule has 0 bridgehead atoms. The van der Waals surface area contributed by atoms with Crippen molar-refractivity contribution in [1.29, 1.82) is 0 Å². The van der Waals surface area contributed by atoms with Gasteiger partial charge in [-0.1, -0.05) is 71.1 Å². The quantitative estimate of drug-likeness (QED) is 0.0952. The van der Waals surface area contributed by atoms with Gasteiger partial charge in [-0.2, -0.15) is 0 Å². The average molecular weight is 545 g/mol. The summed E-state index contributed by atoms with van der Waals surface area (Å²) in [5, 5.41) is 0. The lowest BCUT2D eigenvalue weighted by Crippen LogP contribution is -2.14. The number of phosphoric ester groups is 1. The number of hydrogen-bond acceptors (Lipinski definition) is 8. The summed E-state index contributed by atoms with van der Waals surface area (Å²) in [5.74, 6) is 0. The van der Waals surface area contributed by atoms with Crippen LogP contribution < -0.4 is 0 Å². The Labute approximate surface area is 218 Å². The predicted molar refractivity (Wildman–Crippen MR) is 139 cm³/mol. The highest BCUT2D eigenvalue weighted by Gasteiger charge is 2.12. The lowest BCUT2D eigenvalue weighted by Gasteiger charge is -2.08. The van der Waals surface area contributed by atoms with Crippen LogP contribution >= 0.6 is 7.82 Å². The highest BCUT2D eigenvalue weighted by atomic mass is 31.2. The molecule has 0 aromatic carbocycles. The second-order valence-corrected chi connectivity index (χ2v) is 9.77. The molecule has 0 spiro atoms. The lowest BCUT2D eigenvalue weighted by molar-refractivity contribution is -0.0182. The lowest BCUT2D eigenvalue weighted by atomic mass is 10.1. The van der Waals surface area contributed by atoms with E-state index in [-0.39, 0.29) is 13.2 Å². The second-order valence-electron chi connectivity index (χ2n) is 8.53. The molecule has 0 fully saturated rings. The van der Waals surface area contributed by atoms with Crippen molar-refractivity contribution in [2.45, 2.75) is 77.6 Å². The molecule has 0 rings (SSSR count). The van der Waals surface area contributed by atoms with Crippen molar-refractivity contribution >= 4 is 7.82 Å². The molecule has 10 nitrogen and oxygen atoms in total. The minimum atomic E-state index is -4.42. The van der Waals surface area contributed by atoms with E-state index in [1.54, 1.807) is 0 Å². The van der Waals surface area contributed by atoms with Crippen LogP contribution in [0, 0.1) is 0 Å². The van der Waals surface area contributed by atoms with Crippen molar-refractivity contribution in [3.05, 3.63) is 0 Å². The van der Waals surface area contributed by atoms with Gasteiger partial charge in [-0.3, -0.25) is 4.52 Å². The zero-order chi connectivity index (χ0) is 26.4. The third-order valence-corrected chi connectivity index (χ3v) is 5.76. The maximum atomic E-state index is 10.4. The molecule has 218 valence electrons. The van der Waals surface area contributed by atoms with Crippen LogP contribution in [0.3, 0.4) is 0 Å². The standard InChI is InChI=1S/C25H53O10P/c1-2-3-4-5-6-7-8-9-10-11-12-13-29-14-15-30-16-17-31-18-19-32-20-21-33-22-23-34-24-25-35-36(26,27)28/h2-25H2,1H3,(H2,26,27,28). The van der Waals surface area contributed by atoms with E-state index in [1.165, 1.54) is 64.2 Å². The van der Waals surface area contributed by atoms with E-state index < -0.39 is 7.82 Å². The molecule has 0 amide bonds. The third kappa shape index (κ3) is 33.9. The fourth-order valence-corrected chi connectivity index (χ4v) is 3.60. The smallest absolute Gasteiger partial charge is 0.379 e. The summed E-state index contributed by atoms with van der Waals surface area (Å²) in [5.41, 5.74) is 0. The largest absolute Gasteiger partial charge is 0.469 e. The first-order valence-electron chi connectivity index (χ1n) is 13.7. The van der Waals surface area contributed by atoms with E-state index in [4.69, 9.17) is 38.2 Å². The first kappa shape index (κ1) is 35.9. The van der Waals surface area contributed by atoms with Gasteiger partial charge in [-0.05, 0) is 6.42 Å². The van der Waals surface area contributed by atoms with Gasteiger partial charge in [0.2, 0.25) is 0 Å². The molecule has 0 aromatic rings. The first-order valence-corrected chi connectivity index (χ1v) is 15.3. The fraction of sp³-hybridized carbons (Fsp3) is 1.00. The second kappa shape index (κ2) is 29.4. The monoisotopic (exact) mass is 544 g/mol. The number of rotatable bonds is 31. The van der Waals surface area contributed by atoms with Crippen molar-refractivity contribution in [1.82, 2.24) is 0 Å². The minimum Gasteiger partial charge on any atom is -0.379 e. The van der Waals surface area contributed by atoms with Crippen LogP contribution in [0.1, 0.15) is 77.6 Å². The van der Waals surface area contributed by atoms with Crippen molar-refractivity contribution in [3.63, 3.8) is 0 Å². The van der Waals surface area contributed by atoms with E-state index in [2.05, 4.69) is 11.4 Å². The Bertz CT molecular complexity index is 464. The van der Waals surface area contributed by atoms with Crippen molar-refractivity contribution in [2.24, 2.45) is 0 Å². The molecule has 36 heavy (non-hydrogen) atoms. The van der Waals surface area contributed by atoms with Crippen LogP contribution in [0.4, 0.5) is 0 Å². The van der Waals surface area contributed by atoms with Crippen molar-refractivity contribution < 1.29 is 47.3 Å². The van der Waals surface area contributed by atoms with Crippen LogP contribution in [0.5, 0.6) is 0 Å². The fourth-order valence-electron chi connectivity index (χ4n) is 3.29. The number of hydrogen-bond donors (Lipinski definition) is 2. The van der Waals surface area contributed by atoms with Gasteiger partial charge in [0.1, 0.15) is 0 Å². The number of ether oxygens (including phenoxy) is 6. The zero-order valence-corrected chi connectivity index (χ0v) is 23.5. The highest BCUT2D eigenvalue weighted by molar-refractivity contribution is 7.46. The molecule has 0 atom stereocenters. The Balaban J connectivity index is 3.04. The number of phosphoric acid groups is 1. The number of unbranched alkanes of at least 4 members (excludes halogenated alkanes) is 10. The molecule has 0 saturated carbocycles. The van der Waals surface area contributed by atoms with Crippen LogP contribution in [-0.4, -0.2) is 95.7 Å². The van der Waals surface area contributed by atoms with Gasteiger partial charge in [-0.25, -0.2) is 4.57 Å². The summed E-state index contributed by atoms with van der Waals surface area (Å²) in [6.45, 7) is 7.89. The summed E-state index contributed by atoms with van der Waals surface area (Å²) in [7, 11) is -4.42. The summed E-state index contributed by atoms with van der Waals surface area (Å²) < 4.78 is 47.1. The van der Waals surface area contributed by atoms with Gasteiger partial charge < -0.3 is 38.2 Å². The van der Waals surface area contributed by atoms with Crippen LogP contribution in [-0.2, 0) is 37.5 Å². The third-order valence-electron chi connectivity index (χ3n) is 5.24. The summed E-state index contributed by atoms with van der Waals surface area (Å²) in [6, 6.07) is 0. The molecular formula is C25H53O10P. The van der Waals surface area contributed by atoms with E-state index in [1.807, 2.05) is 0 Å². The molecule has 0 radical (unpaired) electrons. The van der Waals surface area contributed by atoms with Gasteiger partial charge in [0.25, 0.3) is 0 Å². The molecule has 0 aromatic heterocycles. The van der Waals surface area contributed by atoms with Crippen LogP contribution in [0.25, 0.3) is 0 Å². The molecule has 0 unspecified atom stereocenters.